The maximum absolute atomic E-state index is 12.9. The van der Waals surface area contributed by atoms with E-state index in [0.717, 1.165) is 11.3 Å². The normalized spacial score (nSPS) is 35.1. The van der Waals surface area contributed by atoms with Gasteiger partial charge >= 0.3 is 0 Å². The molecule has 4 aliphatic carbocycles. The smallest absolute Gasteiger partial charge is 0.244 e. The molecular weight excluding hydrogens is 344 g/mol. The first-order valence-corrected chi connectivity index (χ1v) is 9.40. The van der Waals surface area contributed by atoms with Crippen molar-refractivity contribution >= 4 is 29.2 Å². The molecule has 1 aromatic rings. The van der Waals surface area contributed by atoms with Crippen LogP contribution in [0.1, 0.15) is 23.7 Å². The second-order valence-corrected chi connectivity index (χ2v) is 8.10. The van der Waals surface area contributed by atoms with Crippen molar-refractivity contribution in [3.8, 4) is 0 Å². The zero-order valence-electron chi connectivity index (χ0n) is 14.9. The number of hydrogen-bond acceptors (Lipinski definition) is 4. The Morgan fingerprint density at radius 2 is 1.56 bits per heavy atom. The highest BCUT2D eigenvalue weighted by Crippen LogP contribution is 2.65. The minimum atomic E-state index is -0.406. The lowest BCUT2D eigenvalue weighted by Gasteiger charge is -2.37. The van der Waals surface area contributed by atoms with Crippen molar-refractivity contribution in [3.05, 3.63) is 42.0 Å². The molecule has 5 aliphatic rings. The summed E-state index contributed by atoms with van der Waals surface area (Å²) in [4.78, 5) is 50.6. The van der Waals surface area contributed by atoms with E-state index in [1.807, 2.05) is 0 Å². The van der Waals surface area contributed by atoms with Gasteiger partial charge in [-0.2, -0.15) is 0 Å². The summed E-state index contributed by atoms with van der Waals surface area (Å²) in [7, 11) is 0. The van der Waals surface area contributed by atoms with Gasteiger partial charge in [0.15, 0.2) is 5.78 Å². The van der Waals surface area contributed by atoms with Crippen LogP contribution in [0.15, 0.2) is 36.4 Å². The molecule has 0 unspecified atom stereocenters. The molecule has 1 saturated heterocycles. The summed E-state index contributed by atoms with van der Waals surface area (Å²) in [6.45, 7) is 1.22. The quantitative estimate of drug-likeness (QED) is 0.502. The van der Waals surface area contributed by atoms with Gasteiger partial charge in [0.05, 0.1) is 11.8 Å². The number of ketones is 1. The molecule has 27 heavy (non-hydrogen) atoms. The van der Waals surface area contributed by atoms with Crippen molar-refractivity contribution in [1.29, 1.82) is 0 Å². The number of allylic oxidation sites excluding steroid dienone is 2. The van der Waals surface area contributed by atoms with Gasteiger partial charge in [-0.05, 0) is 61.3 Å². The van der Waals surface area contributed by atoms with Crippen LogP contribution < -0.4 is 5.32 Å². The van der Waals surface area contributed by atoms with E-state index < -0.39 is 5.91 Å². The molecule has 1 heterocycles. The maximum Gasteiger partial charge on any atom is 0.244 e. The average Bonchev–Trinajstić information content (AvgIpc) is 3.43. The molecule has 6 rings (SSSR count). The molecule has 1 aromatic carbocycles. The molecule has 1 N–H and O–H groups in total. The van der Waals surface area contributed by atoms with E-state index >= 15 is 0 Å². The van der Waals surface area contributed by atoms with Crippen LogP contribution >= 0.6 is 0 Å². The van der Waals surface area contributed by atoms with E-state index in [4.69, 9.17) is 0 Å². The number of nitrogens with one attached hydrogen (secondary N) is 1. The fourth-order valence-electron chi connectivity index (χ4n) is 5.31. The molecule has 3 amide bonds. The van der Waals surface area contributed by atoms with Crippen molar-refractivity contribution in [1.82, 2.24) is 4.90 Å². The highest BCUT2D eigenvalue weighted by atomic mass is 16.2. The fraction of sp³-hybridized carbons (Fsp3) is 0.429. The van der Waals surface area contributed by atoms with Gasteiger partial charge in [0.1, 0.15) is 6.54 Å². The number of Topliss-reactive ketones (excluding diaryl/α,β-unsaturated/α-hetero) is 1. The van der Waals surface area contributed by atoms with E-state index in [1.54, 1.807) is 24.3 Å². The molecule has 6 nitrogen and oxygen atoms in total. The summed E-state index contributed by atoms with van der Waals surface area (Å²) >= 11 is 0. The van der Waals surface area contributed by atoms with Crippen molar-refractivity contribution in [2.24, 2.45) is 35.5 Å². The zero-order valence-corrected chi connectivity index (χ0v) is 14.9. The summed E-state index contributed by atoms with van der Waals surface area (Å²) in [6, 6.07) is 6.54. The Bertz CT molecular complexity index is 867. The standard InChI is InChI=1S/C21H20N2O4/c1-10(24)11-2-4-12(5-3-11)22-17(25)9-23-20(26)18-13-6-7-14(16-8-15(13)16)19(18)21(23)27/h2-7,13-16,18-19H,8-9H2,1H3,(H,22,25)/t13-,14-,15-,16-,18+,19+/m1/s1. The lowest BCUT2D eigenvalue weighted by Crippen LogP contribution is -2.40. The predicted octanol–water partition coefficient (Wildman–Crippen LogP) is 1.88. The molecule has 0 radical (unpaired) electrons. The monoisotopic (exact) mass is 364 g/mol. The Hall–Kier alpha value is -2.76. The average molecular weight is 364 g/mol. The van der Waals surface area contributed by atoms with Crippen LogP contribution in [-0.4, -0.2) is 34.9 Å². The second-order valence-electron chi connectivity index (χ2n) is 8.10. The molecule has 6 atom stereocenters. The molecule has 2 bridgehead atoms. The second kappa shape index (κ2) is 5.62. The highest BCUT2D eigenvalue weighted by Gasteiger charge is 2.67. The lowest BCUT2D eigenvalue weighted by molar-refractivity contribution is -0.142. The number of anilines is 1. The number of amides is 3. The molecule has 2 saturated carbocycles. The number of carbonyl (C=O) groups is 4. The van der Waals surface area contributed by atoms with Gasteiger partial charge in [-0.3, -0.25) is 24.1 Å². The third-order valence-electron chi connectivity index (χ3n) is 6.63. The Morgan fingerprint density at radius 3 is 2.07 bits per heavy atom. The number of carbonyl (C=O) groups excluding carboxylic acids is 4. The number of hydrogen-bond donors (Lipinski definition) is 1. The molecule has 0 aromatic heterocycles. The Morgan fingerprint density at radius 1 is 1.00 bits per heavy atom. The first-order valence-electron chi connectivity index (χ1n) is 9.40. The van der Waals surface area contributed by atoms with Crippen LogP contribution in [0.2, 0.25) is 0 Å². The number of nitrogens with zero attached hydrogens (tertiary/aromatic N) is 1. The third kappa shape index (κ3) is 2.39. The van der Waals surface area contributed by atoms with E-state index in [0.29, 0.717) is 23.1 Å². The first kappa shape index (κ1) is 16.4. The van der Waals surface area contributed by atoms with Gasteiger partial charge in [-0.15, -0.1) is 0 Å². The van der Waals surface area contributed by atoms with E-state index in [2.05, 4.69) is 17.5 Å². The van der Waals surface area contributed by atoms with Crippen molar-refractivity contribution in [2.75, 3.05) is 11.9 Å². The molecule has 0 spiro atoms. The summed E-state index contributed by atoms with van der Waals surface area (Å²) < 4.78 is 0. The minimum Gasteiger partial charge on any atom is -0.325 e. The summed E-state index contributed by atoms with van der Waals surface area (Å²) in [5, 5.41) is 2.70. The van der Waals surface area contributed by atoms with E-state index in [9.17, 15) is 19.2 Å². The van der Waals surface area contributed by atoms with Gasteiger partial charge in [0.25, 0.3) is 0 Å². The summed E-state index contributed by atoms with van der Waals surface area (Å²) in [5.74, 6) is 0.00757. The number of benzene rings is 1. The molecule has 6 heteroatoms. The van der Waals surface area contributed by atoms with Gasteiger partial charge < -0.3 is 5.32 Å². The van der Waals surface area contributed by atoms with Crippen LogP contribution in [0.4, 0.5) is 5.69 Å². The Labute approximate surface area is 156 Å². The highest BCUT2D eigenvalue weighted by molar-refractivity contribution is 6.09. The van der Waals surface area contributed by atoms with Crippen LogP contribution in [0.25, 0.3) is 0 Å². The van der Waals surface area contributed by atoms with Crippen molar-refractivity contribution in [3.63, 3.8) is 0 Å². The molecule has 138 valence electrons. The molecular formula is C21H20N2O4. The van der Waals surface area contributed by atoms with Gasteiger partial charge in [0, 0.05) is 11.3 Å². The van der Waals surface area contributed by atoms with E-state index in [-0.39, 0.29) is 47.8 Å². The number of likely N-dealkylation sites (tertiary alicyclic amines) is 1. The van der Waals surface area contributed by atoms with Crippen LogP contribution in [0.3, 0.4) is 0 Å². The fourth-order valence-corrected chi connectivity index (χ4v) is 5.31. The number of rotatable bonds is 4. The summed E-state index contributed by atoms with van der Waals surface area (Å²) in [6.07, 6.45) is 5.35. The SMILES string of the molecule is CC(=O)c1ccc(NC(=O)CN2C(=O)[C@H]3[C@@H]4C=C[C@H]([C@H]5C[C@H]45)[C@@H]3C2=O)cc1. The Kier molecular flexibility index (Phi) is 3.41. The van der Waals surface area contributed by atoms with Crippen molar-refractivity contribution in [2.45, 2.75) is 13.3 Å². The van der Waals surface area contributed by atoms with Gasteiger partial charge in [-0.1, -0.05) is 12.2 Å². The van der Waals surface area contributed by atoms with Gasteiger partial charge in [0.2, 0.25) is 17.7 Å². The van der Waals surface area contributed by atoms with Gasteiger partial charge in [-0.25, -0.2) is 0 Å². The van der Waals surface area contributed by atoms with Crippen molar-refractivity contribution < 1.29 is 19.2 Å². The topological polar surface area (TPSA) is 83.6 Å². The minimum absolute atomic E-state index is 0.0509. The maximum atomic E-state index is 12.9. The predicted molar refractivity (Wildman–Crippen MR) is 96.5 cm³/mol. The summed E-state index contributed by atoms with van der Waals surface area (Å²) in [5.41, 5.74) is 1.09. The lowest BCUT2D eigenvalue weighted by atomic mass is 9.63. The Balaban J connectivity index is 1.29. The largest absolute Gasteiger partial charge is 0.325 e. The third-order valence-corrected chi connectivity index (χ3v) is 6.63. The van der Waals surface area contributed by atoms with Crippen LogP contribution in [-0.2, 0) is 14.4 Å². The zero-order chi connectivity index (χ0) is 18.9. The van der Waals surface area contributed by atoms with Crippen LogP contribution in [0.5, 0.6) is 0 Å². The van der Waals surface area contributed by atoms with E-state index in [1.165, 1.54) is 6.92 Å². The molecule has 3 fully saturated rings. The van der Waals surface area contributed by atoms with Crippen LogP contribution in [0, 0.1) is 35.5 Å². The first-order chi connectivity index (χ1) is 13.0. The number of imide groups is 1. The molecule has 1 aliphatic heterocycles.